The Labute approximate surface area is 172 Å². The summed E-state index contributed by atoms with van der Waals surface area (Å²) in [5.41, 5.74) is 2.22. The molecule has 0 aliphatic carbocycles. The molecular weight excluding hydrogens is 415 g/mol. The third-order valence-corrected chi connectivity index (χ3v) is 4.05. The average molecular weight is 431 g/mol. The van der Waals surface area contributed by atoms with Crippen molar-refractivity contribution in [1.29, 1.82) is 0 Å². The lowest BCUT2D eigenvalue weighted by molar-refractivity contribution is -0.154. The lowest BCUT2D eigenvalue weighted by Crippen LogP contribution is -2.21. The van der Waals surface area contributed by atoms with Crippen LogP contribution in [0.25, 0.3) is 11.0 Å². The fraction of sp³-hybridized carbons (Fsp3) is 0.158. The Morgan fingerprint density at radius 2 is 1.68 bits per heavy atom. The zero-order chi connectivity index (χ0) is 21.8. The Bertz CT molecular complexity index is 1240. The number of hydrogen-bond acceptors (Lipinski definition) is 7. The largest absolute Gasteiger partial charge is 0.454 e. The Morgan fingerprint density at radius 1 is 0.935 bits per heavy atom. The number of ether oxygens (including phenoxy) is 1. The summed E-state index contributed by atoms with van der Waals surface area (Å²) in [5, 5.41) is 5.82. The Balaban J connectivity index is 1.58. The molecule has 2 aromatic heterocycles. The summed E-state index contributed by atoms with van der Waals surface area (Å²) >= 11 is 0. The first kappa shape index (κ1) is 20.2. The molecule has 0 bridgehead atoms. The van der Waals surface area contributed by atoms with Crippen LogP contribution in [-0.2, 0) is 6.54 Å². The van der Waals surface area contributed by atoms with Crippen molar-refractivity contribution in [2.75, 3.05) is 17.2 Å². The second-order valence-electron chi connectivity index (χ2n) is 6.47. The van der Waals surface area contributed by atoms with Crippen LogP contribution in [0.2, 0.25) is 0 Å². The number of benzene rings is 2. The van der Waals surface area contributed by atoms with Crippen LogP contribution < -0.4 is 21.1 Å². The van der Waals surface area contributed by atoms with E-state index in [0.29, 0.717) is 23.3 Å². The summed E-state index contributed by atoms with van der Waals surface area (Å²) in [6.45, 7) is -1.19. The van der Waals surface area contributed by atoms with Crippen molar-refractivity contribution in [1.82, 2.24) is 24.9 Å². The summed E-state index contributed by atoms with van der Waals surface area (Å²) in [6, 6.07) is 13.8. The number of alkyl halides is 3. The maximum Gasteiger partial charge on any atom is 0.422 e. The Kier molecular flexibility index (Phi) is 5.43. The number of fused-ring (bicyclic) bond motifs is 1. The molecule has 0 saturated carbocycles. The fourth-order valence-electron chi connectivity index (χ4n) is 2.72. The molecule has 2 heterocycles. The predicted molar refractivity (Wildman–Crippen MR) is 107 cm³/mol. The normalized spacial score (nSPS) is 11.5. The predicted octanol–water partition coefficient (Wildman–Crippen LogP) is 3.34. The molecule has 0 saturated heterocycles. The van der Waals surface area contributed by atoms with Gasteiger partial charge in [-0.2, -0.15) is 28.1 Å². The Morgan fingerprint density at radius 3 is 2.45 bits per heavy atom. The van der Waals surface area contributed by atoms with E-state index in [-0.39, 0.29) is 17.6 Å². The summed E-state index contributed by atoms with van der Waals surface area (Å²) in [6.07, 6.45) is -4.54. The van der Waals surface area contributed by atoms with Gasteiger partial charge in [0.2, 0.25) is 11.9 Å². The van der Waals surface area contributed by atoms with E-state index in [9.17, 15) is 18.0 Å². The molecule has 0 fully saturated rings. The Hall–Kier alpha value is -4.09. The first-order valence-corrected chi connectivity index (χ1v) is 9.06. The highest BCUT2D eigenvalue weighted by Crippen LogP contribution is 2.21. The van der Waals surface area contributed by atoms with Crippen molar-refractivity contribution in [3.8, 4) is 6.01 Å². The van der Waals surface area contributed by atoms with E-state index in [4.69, 9.17) is 4.74 Å². The number of hydrogen-bond donors (Lipinski definition) is 4. The van der Waals surface area contributed by atoms with Crippen molar-refractivity contribution >= 4 is 28.6 Å². The highest BCUT2D eigenvalue weighted by Gasteiger charge is 2.29. The van der Waals surface area contributed by atoms with Crippen molar-refractivity contribution in [3.05, 3.63) is 64.6 Å². The van der Waals surface area contributed by atoms with Crippen LogP contribution in [0.1, 0.15) is 5.56 Å². The van der Waals surface area contributed by atoms with Crippen LogP contribution >= 0.6 is 0 Å². The number of aromatic amines is 2. The monoisotopic (exact) mass is 431 g/mol. The molecule has 4 rings (SSSR count). The van der Waals surface area contributed by atoms with Crippen LogP contribution in [0.15, 0.2) is 53.3 Å². The molecule has 12 heteroatoms. The van der Waals surface area contributed by atoms with Gasteiger partial charge in [-0.1, -0.05) is 30.3 Å². The van der Waals surface area contributed by atoms with E-state index in [1.807, 2.05) is 30.3 Å². The van der Waals surface area contributed by atoms with Gasteiger partial charge in [-0.25, -0.2) is 4.79 Å². The van der Waals surface area contributed by atoms with E-state index in [2.05, 4.69) is 35.6 Å². The topological polar surface area (TPSA) is 121 Å². The van der Waals surface area contributed by atoms with Gasteiger partial charge >= 0.3 is 17.9 Å². The number of imidazole rings is 1. The van der Waals surface area contributed by atoms with Gasteiger partial charge in [0.05, 0.1) is 11.0 Å². The molecule has 0 radical (unpaired) electrons. The third kappa shape index (κ3) is 5.50. The molecule has 0 aliphatic heterocycles. The fourth-order valence-corrected chi connectivity index (χ4v) is 2.72. The summed E-state index contributed by atoms with van der Waals surface area (Å²) in [4.78, 5) is 28.6. The molecule has 4 aromatic rings. The molecule has 4 N–H and O–H groups in total. The summed E-state index contributed by atoms with van der Waals surface area (Å²) < 4.78 is 42.3. The van der Waals surface area contributed by atoms with E-state index in [0.717, 1.165) is 5.56 Å². The van der Waals surface area contributed by atoms with E-state index < -0.39 is 18.8 Å². The van der Waals surface area contributed by atoms with Gasteiger partial charge in [-0.3, -0.25) is 0 Å². The summed E-state index contributed by atoms with van der Waals surface area (Å²) in [7, 11) is 0. The minimum atomic E-state index is -4.54. The maximum atomic E-state index is 12.5. The zero-order valence-corrected chi connectivity index (χ0v) is 15.8. The molecule has 0 unspecified atom stereocenters. The van der Waals surface area contributed by atoms with Crippen LogP contribution in [-0.4, -0.2) is 37.7 Å². The molecule has 2 aromatic carbocycles. The molecule has 31 heavy (non-hydrogen) atoms. The maximum absolute atomic E-state index is 12.5. The van der Waals surface area contributed by atoms with Gasteiger partial charge in [-0.15, -0.1) is 0 Å². The molecule has 160 valence electrons. The first-order valence-electron chi connectivity index (χ1n) is 9.06. The van der Waals surface area contributed by atoms with Crippen LogP contribution in [0.4, 0.5) is 30.8 Å². The van der Waals surface area contributed by atoms with Crippen molar-refractivity contribution in [2.45, 2.75) is 12.7 Å². The van der Waals surface area contributed by atoms with Gasteiger partial charge in [0.25, 0.3) is 0 Å². The molecule has 0 amide bonds. The van der Waals surface area contributed by atoms with Crippen LogP contribution in [0, 0.1) is 0 Å². The van der Waals surface area contributed by atoms with E-state index in [1.54, 1.807) is 18.2 Å². The van der Waals surface area contributed by atoms with Gasteiger partial charge in [0, 0.05) is 12.2 Å². The summed E-state index contributed by atoms with van der Waals surface area (Å²) in [5.74, 6) is 0.00891. The number of nitrogens with one attached hydrogen (secondary N) is 4. The number of rotatable bonds is 7. The lowest BCUT2D eigenvalue weighted by Gasteiger charge is -2.12. The zero-order valence-electron chi connectivity index (χ0n) is 15.8. The molecular formula is C19H16F3N7O2. The number of halogens is 3. The van der Waals surface area contributed by atoms with Crippen molar-refractivity contribution in [3.63, 3.8) is 0 Å². The second-order valence-corrected chi connectivity index (χ2v) is 6.47. The smallest absolute Gasteiger partial charge is 0.422 e. The molecule has 0 spiro atoms. The lowest BCUT2D eigenvalue weighted by atomic mass is 10.2. The van der Waals surface area contributed by atoms with Crippen molar-refractivity contribution in [2.24, 2.45) is 0 Å². The average Bonchev–Trinajstić information content (AvgIpc) is 3.10. The first-order chi connectivity index (χ1) is 14.8. The molecule has 0 aliphatic rings. The van der Waals surface area contributed by atoms with Gasteiger partial charge in [0.15, 0.2) is 6.61 Å². The third-order valence-electron chi connectivity index (χ3n) is 4.05. The number of H-pyrrole nitrogens is 2. The van der Waals surface area contributed by atoms with E-state index in [1.165, 1.54) is 0 Å². The quantitative estimate of drug-likeness (QED) is 0.354. The van der Waals surface area contributed by atoms with Gasteiger partial charge < -0.3 is 25.3 Å². The second kappa shape index (κ2) is 8.34. The standard InChI is InChI=1S/C19H16F3N7O2/c20-19(21,22)10-31-18-28-15(23-9-11-4-2-1-3-5-11)27-16(29-18)24-12-6-7-13-14(8-12)26-17(30)25-13/h1-8H,9-10H2,(H2,25,26,30)(H2,23,24,27,28,29). The molecule has 0 atom stereocenters. The van der Waals surface area contributed by atoms with Crippen LogP contribution in [0.3, 0.4) is 0 Å². The van der Waals surface area contributed by atoms with Gasteiger partial charge in [0.1, 0.15) is 0 Å². The number of nitrogens with zero attached hydrogens (tertiary/aromatic N) is 3. The van der Waals surface area contributed by atoms with E-state index >= 15 is 0 Å². The highest BCUT2D eigenvalue weighted by atomic mass is 19.4. The minimum absolute atomic E-state index is 0.0278. The minimum Gasteiger partial charge on any atom is -0.454 e. The number of anilines is 3. The van der Waals surface area contributed by atoms with Crippen LogP contribution in [0.5, 0.6) is 6.01 Å². The van der Waals surface area contributed by atoms with Crippen molar-refractivity contribution < 1.29 is 17.9 Å². The molecule has 9 nitrogen and oxygen atoms in total. The highest BCUT2D eigenvalue weighted by molar-refractivity contribution is 5.79. The SMILES string of the molecule is O=c1[nH]c2ccc(Nc3nc(NCc4ccccc4)nc(OCC(F)(F)F)n3)cc2[nH]1. The van der Waals surface area contributed by atoms with Gasteiger partial charge in [-0.05, 0) is 23.8 Å². The number of aromatic nitrogens is 5.